The normalized spacial score (nSPS) is 25.0. The van der Waals surface area contributed by atoms with Gasteiger partial charge < -0.3 is 19.6 Å². The SMILES string of the molecule is O=C(O)CC1COCCN1C(=O)N1CCSCC1. The maximum Gasteiger partial charge on any atom is 0.320 e. The second-order valence-electron chi connectivity index (χ2n) is 4.40. The summed E-state index contributed by atoms with van der Waals surface area (Å²) in [5.41, 5.74) is 0. The van der Waals surface area contributed by atoms with Crippen LogP contribution in [-0.2, 0) is 9.53 Å². The predicted molar refractivity (Wildman–Crippen MR) is 67.9 cm³/mol. The summed E-state index contributed by atoms with van der Waals surface area (Å²) in [6.45, 7) is 2.80. The Kier molecular flexibility index (Phi) is 4.71. The van der Waals surface area contributed by atoms with Gasteiger partial charge in [0.1, 0.15) is 0 Å². The smallest absolute Gasteiger partial charge is 0.320 e. The van der Waals surface area contributed by atoms with Crippen LogP contribution in [0.2, 0.25) is 0 Å². The Labute approximate surface area is 110 Å². The highest BCUT2D eigenvalue weighted by Crippen LogP contribution is 2.16. The van der Waals surface area contributed by atoms with E-state index in [4.69, 9.17) is 9.84 Å². The molecule has 0 bridgehead atoms. The van der Waals surface area contributed by atoms with Crippen LogP contribution in [0.1, 0.15) is 6.42 Å². The van der Waals surface area contributed by atoms with Gasteiger partial charge in [-0.15, -0.1) is 0 Å². The summed E-state index contributed by atoms with van der Waals surface area (Å²) in [6.07, 6.45) is -0.0473. The number of carbonyl (C=O) groups excluding carboxylic acids is 1. The van der Waals surface area contributed by atoms with Crippen molar-refractivity contribution in [1.82, 2.24) is 9.80 Å². The Morgan fingerprint density at radius 1 is 1.28 bits per heavy atom. The maximum atomic E-state index is 12.3. The number of hydrogen-bond acceptors (Lipinski definition) is 4. The highest BCUT2D eigenvalue weighted by Gasteiger charge is 2.32. The van der Waals surface area contributed by atoms with Gasteiger partial charge in [0.05, 0.1) is 25.7 Å². The van der Waals surface area contributed by atoms with Crippen LogP contribution in [-0.4, -0.2) is 77.3 Å². The molecule has 102 valence electrons. The minimum atomic E-state index is -0.891. The minimum absolute atomic E-state index is 0.0372. The molecule has 2 aliphatic rings. The van der Waals surface area contributed by atoms with Gasteiger partial charge in [-0.3, -0.25) is 4.79 Å². The fourth-order valence-electron chi connectivity index (χ4n) is 2.21. The van der Waals surface area contributed by atoms with Gasteiger partial charge in [-0.2, -0.15) is 11.8 Å². The molecule has 2 heterocycles. The van der Waals surface area contributed by atoms with Crippen LogP contribution < -0.4 is 0 Å². The van der Waals surface area contributed by atoms with Gasteiger partial charge in [-0.05, 0) is 0 Å². The Bertz CT molecular complexity index is 320. The molecule has 0 saturated carbocycles. The number of morpholine rings is 1. The number of carboxylic acid groups (broad SMARTS) is 1. The number of nitrogens with zero attached hydrogens (tertiary/aromatic N) is 2. The van der Waals surface area contributed by atoms with E-state index in [0.717, 1.165) is 24.6 Å². The second kappa shape index (κ2) is 6.29. The van der Waals surface area contributed by atoms with E-state index in [1.54, 1.807) is 4.90 Å². The lowest BCUT2D eigenvalue weighted by molar-refractivity contribution is -0.139. The molecule has 0 aromatic heterocycles. The van der Waals surface area contributed by atoms with Crippen LogP contribution in [0.3, 0.4) is 0 Å². The van der Waals surface area contributed by atoms with Crippen molar-refractivity contribution in [2.75, 3.05) is 44.4 Å². The molecule has 2 aliphatic heterocycles. The monoisotopic (exact) mass is 274 g/mol. The highest BCUT2D eigenvalue weighted by atomic mass is 32.2. The van der Waals surface area contributed by atoms with Crippen LogP contribution >= 0.6 is 11.8 Å². The molecule has 2 fully saturated rings. The first kappa shape index (κ1) is 13.5. The zero-order valence-corrected chi connectivity index (χ0v) is 11.0. The lowest BCUT2D eigenvalue weighted by Crippen LogP contribution is -2.55. The Morgan fingerprint density at radius 3 is 2.67 bits per heavy atom. The quantitative estimate of drug-likeness (QED) is 0.786. The molecule has 0 aromatic rings. The lowest BCUT2D eigenvalue weighted by atomic mass is 10.1. The summed E-state index contributed by atoms with van der Waals surface area (Å²) in [7, 11) is 0. The molecule has 7 heteroatoms. The number of rotatable bonds is 2. The average Bonchev–Trinajstić information content (AvgIpc) is 2.39. The Hall–Kier alpha value is -0.950. The van der Waals surface area contributed by atoms with Gasteiger partial charge in [0.15, 0.2) is 0 Å². The van der Waals surface area contributed by atoms with Crippen LogP contribution in [0.15, 0.2) is 0 Å². The number of aliphatic carboxylic acids is 1. The molecule has 6 nitrogen and oxygen atoms in total. The van der Waals surface area contributed by atoms with Gasteiger partial charge in [0.2, 0.25) is 0 Å². The predicted octanol–water partition coefficient (Wildman–Crippen LogP) is 0.331. The van der Waals surface area contributed by atoms with E-state index in [2.05, 4.69) is 0 Å². The molecule has 0 aliphatic carbocycles. The topological polar surface area (TPSA) is 70.1 Å². The van der Waals surface area contributed by atoms with Gasteiger partial charge >= 0.3 is 12.0 Å². The Balaban J connectivity index is 1.98. The molecule has 18 heavy (non-hydrogen) atoms. The zero-order chi connectivity index (χ0) is 13.0. The zero-order valence-electron chi connectivity index (χ0n) is 10.2. The van der Waals surface area contributed by atoms with Crippen molar-refractivity contribution in [2.24, 2.45) is 0 Å². The van der Waals surface area contributed by atoms with Crippen LogP contribution in [0.5, 0.6) is 0 Å². The Morgan fingerprint density at radius 2 is 2.00 bits per heavy atom. The van der Waals surface area contributed by atoms with Crippen molar-refractivity contribution >= 4 is 23.8 Å². The van der Waals surface area contributed by atoms with Gasteiger partial charge in [0, 0.05) is 31.1 Å². The fourth-order valence-corrected chi connectivity index (χ4v) is 3.12. The van der Waals surface area contributed by atoms with Crippen molar-refractivity contribution in [3.8, 4) is 0 Å². The summed E-state index contributed by atoms with van der Waals surface area (Å²) in [4.78, 5) is 26.6. The van der Waals surface area contributed by atoms with E-state index < -0.39 is 5.97 Å². The standard InChI is InChI=1S/C11H18N2O4S/c14-10(15)7-9-8-17-4-1-13(9)11(16)12-2-5-18-6-3-12/h9H,1-8H2,(H,14,15). The van der Waals surface area contributed by atoms with Crippen molar-refractivity contribution < 1.29 is 19.4 Å². The van der Waals surface area contributed by atoms with E-state index >= 15 is 0 Å². The third kappa shape index (κ3) is 3.29. The number of hydrogen-bond donors (Lipinski definition) is 1. The minimum Gasteiger partial charge on any atom is -0.481 e. The average molecular weight is 274 g/mol. The number of ether oxygens (including phenoxy) is 1. The number of carboxylic acids is 1. The first-order chi connectivity index (χ1) is 8.68. The number of urea groups is 1. The number of thioether (sulfide) groups is 1. The fraction of sp³-hybridized carbons (Fsp3) is 0.818. The van der Waals surface area contributed by atoms with Crippen LogP contribution in [0.4, 0.5) is 4.79 Å². The van der Waals surface area contributed by atoms with Gasteiger partial charge in [-0.1, -0.05) is 0 Å². The molecule has 0 aromatic carbocycles. The van der Waals surface area contributed by atoms with E-state index in [1.807, 2.05) is 16.7 Å². The molecule has 2 amide bonds. The van der Waals surface area contributed by atoms with Gasteiger partial charge in [0.25, 0.3) is 0 Å². The third-order valence-corrected chi connectivity index (χ3v) is 4.11. The molecule has 1 N–H and O–H groups in total. The second-order valence-corrected chi connectivity index (χ2v) is 5.63. The van der Waals surface area contributed by atoms with E-state index in [0.29, 0.717) is 19.8 Å². The van der Waals surface area contributed by atoms with Crippen molar-refractivity contribution in [1.29, 1.82) is 0 Å². The third-order valence-electron chi connectivity index (χ3n) is 3.17. The van der Waals surface area contributed by atoms with Crippen molar-refractivity contribution in [2.45, 2.75) is 12.5 Å². The van der Waals surface area contributed by atoms with Gasteiger partial charge in [-0.25, -0.2) is 4.79 Å². The summed E-state index contributed by atoms with van der Waals surface area (Å²) in [5, 5.41) is 8.87. The molecule has 1 unspecified atom stereocenters. The van der Waals surface area contributed by atoms with Crippen LogP contribution in [0, 0.1) is 0 Å². The molecule has 1 atom stereocenters. The summed E-state index contributed by atoms with van der Waals surface area (Å²) < 4.78 is 5.27. The summed E-state index contributed by atoms with van der Waals surface area (Å²) >= 11 is 1.84. The molecule has 0 radical (unpaired) electrons. The first-order valence-electron chi connectivity index (χ1n) is 6.11. The van der Waals surface area contributed by atoms with E-state index in [1.165, 1.54) is 0 Å². The molecular formula is C11H18N2O4S. The molecule has 0 spiro atoms. The number of carbonyl (C=O) groups is 2. The highest BCUT2D eigenvalue weighted by molar-refractivity contribution is 7.99. The molecule has 2 saturated heterocycles. The molecule has 2 rings (SSSR count). The van der Waals surface area contributed by atoms with Crippen LogP contribution in [0.25, 0.3) is 0 Å². The number of amides is 2. The lowest BCUT2D eigenvalue weighted by Gasteiger charge is -2.39. The van der Waals surface area contributed by atoms with E-state index in [9.17, 15) is 9.59 Å². The largest absolute Gasteiger partial charge is 0.481 e. The first-order valence-corrected chi connectivity index (χ1v) is 7.27. The maximum absolute atomic E-state index is 12.3. The van der Waals surface area contributed by atoms with Crippen molar-refractivity contribution in [3.63, 3.8) is 0 Å². The van der Waals surface area contributed by atoms with Crippen molar-refractivity contribution in [3.05, 3.63) is 0 Å². The summed E-state index contributed by atoms with van der Waals surface area (Å²) in [5.74, 6) is 1.02. The van der Waals surface area contributed by atoms with E-state index in [-0.39, 0.29) is 18.5 Å². The molecular weight excluding hydrogens is 256 g/mol. The summed E-state index contributed by atoms with van der Waals surface area (Å²) in [6, 6.07) is -0.372.